The number of aryl methyl sites for hydroxylation is 1. The van der Waals surface area contributed by atoms with Crippen molar-refractivity contribution in [2.24, 2.45) is 0 Å². The van der Waals surface area contributed by atoms with Crippen LogP contribution in [0.2, 0.25) is 0 Å². The molecule has 1 atom stereocenters. The van der Waals surface area contributed by atoms with Crippen molar-refractivity contribution in [3.63, 3.8) is 0 Å². The number of nitrogens with zero attached hydrogens (tertiary/aromatic N) is 5. The van der Waals surface area contributed by atoms with Gasteiger partial charge in [-0.2, -0.15) is 13.2 Å². The van der Waals surface area contributed by atoms with Crippen LogP contribution in [0.25, 0.3) is 0 Å². The number of hydrogen-bond donors (Lipinski definition) is 1. The third-order valence-corrected chi connectivity index (χ3v) is 5.72. The molecule has 4 heterocycles. The average molecular weight is 434 g/mol. The molecule has 7 nitrogen and oxygen atoms in total. The van der Waals surface area contributed by atoms with Gasteiger partial charge in [-0.3, -0.25) is 4.79 Å². The Morgan fingerprint density at radius 1 is 1.23 bits per heavy atom. The molecule has 0 spiro atoms. The third kappa shape index (κ3) is 4.11. The Morgan fingerprint density at radius 2 is 2.03 bits per heavy atom. The maximum atomic E-state index is 12.9. The molecule has 1 N–H and O–H groups in total. The SMILES string of the molecule is Cc1ncsc1C(=O)N1CCCC1c1ccnc(Nc2cc(C(F)(F)F)ccn2)n1. The highest BCUT2D eigenvalue weighted by Crippen LogP contribution is 2.34. The van der Waals surface area contributed by atoms with E-state index in [1.807, 2.05) is 0 Å². The minimum absolute atomic E-state index is 0.0124. The van der Waals surface area contributed by atoms with Crippen molar-refractivity contribution >= 4 is 29.0 Å². The predicted octanol–water partition coefficient (Wildman–Crippen LogP) is 4.38. The van der Waals surface area contributed by atoms with Gasteiger partial charge in [0.15, 0.2) is 0 Å². The fourth-order valence-corrected chi connectivity index (χ4v) is 4.12. The summed E-state index contributed by atoms with van der Waals surface area (Å²) < 4.78 is 38.7. The summed E-state index contributed by atoms with van der Waals surface area (Å²) in [7, 11) is 0. The lowest BCUT2D eigenvalue weighted by atomic mass is 10.1. The van der Waals surface area contributed by atoms with Crippen molar-refractivity contribution in [3.05, 3.63) is 57.9 Å². The molecule has 1 amide bonds. The third-order valence-electron chi connectivity index (χ3n) is 4.80. The van der Waals surface area contributed by atoms with E-state index in [0.29, 0.717) is 22.8 Å². The van der Waals surface area contributed by atoms with Gasteiger partial charge in [0.1, 0.15) is 10.7 Å². The van der Waals surface area contributed by atoms with Crippen LogP contribution in [-0.2, 0) is 6.18 Å². The monoisotopic (exact) mass is 434 g/mol. The highest BCUT2D eigenvalue weighted by molar-refractivity contribution is 7.11. The zero-order valence-electron chi connectivity index (χ0n) is 15.8. The summed E-state index contributed by atoms with van der Waals surface area (Å²) in [5.41, 5.74) is 2.13. The molecule has 156 valence electrons. The second-order valence-electron chi connectivity index (χ2n) is 6.78. The molecule has 4 rings (SSSR count). The van der Waals surface area contributed by atoms with E-state index in [9.17, 15) is 18.0 Å². The molecule has 30 heavy (non-hydrogen) atoms. The number of anilines is 2. The van der Waals surface area contributed by atoms with Gasteiger partial charge < -0.3 is 10.2 Å². The van der Waals surface area contributed by atoms with Gasteiger partial charge in [0, 0.05) is 18.9 Å². The lowest BCUT2D eigenvalue weighted by Crippen LogP contribution is -2.31. The van der Waals surface area contributed by atoms with E-state index in [2.05, 4.69) is 25.3 Å². The molecule has 3 aromatic heterocycles. The van der Waals surface area contributed by atoms with E-state index in [4.69, 9.17) is 0 Å². The normalized spacial score (nSPS) is 16.7. The van der Waals surface area contributed by atoms with Gasteiger partial charge in [-0.25, -0.2) is 19.9 Å². The Labute approximate surface area is 174 Å². The molecule has 11 heteroatoms. The number of pyridine rings is 1. The molecular formula is C19H17F3N6OS. The van der Waals surface area contributed by atoms with Crippen LogP contribution in [-0.4, -0.2) is 37.3 Å². The van der Waals surface area contributed by atoms with Crippen molar-refractivity contribution < 1.29 is 18.0 Å². The number of nitrogens with one attached hydrogen (secondary N) is 1. The van der Waals surface area contributed by atoms with Gasteiger partial charge in [0.2, 0.25) is 5.95 Å². The largest absolute Gasteiger partial charge is 0.416 e. The summed E-state index contributed by atoms with van der Waals surface area (Å²) in [5.74, 6) is 0.0133. The van der Waals surface area contributed by atoms with Gasteiger partial charge >= 0.3 is 6.18 Å². The summed E-state index contributed by atoms with van der Waals surface area (Å²) in [6.07, 6.45) is -0.319. The van der Waals surface area contributed by atoms with Crippen LogP contribution in [0.5, 0.6) is 0 Å². The molecule has 0 aromatic carbocycles. The molecule has 3 aromatic rings. The van der Waals surface area contributed by atoms with E-state index >= 15 is 0 Å². The number of carbonyl (C=O) groups excluding carboxylic acids is 1. The zero-order valence-corrected chi connectivity index (χ0v) is 16.7. The number of aromatic nitrogens is 4. The summed E-state index contributed by atoms with van der Waals surface area (Å²) >= 11 is 1.30. The first-order valence-electron chi connectivity index (χ1n) is 9.17. The van der Waals surface area contributed by atoms with Crippen LogP contribution in [0.4, 0.5) is 24.9 Å². The Kier molecular flexibility index (Phi) is 5.37. The maximum absolute atomic E-state index is 12.9. The smallest absolute Gasteiger partial charge is 0.329 e. The van der Waals surface area contributed by atoms with Crippen LogP contribution in [0.15, 0.2) is 36.1 Å². The fourth-order valence-electron chi connectivity index (χ4n) is 3.36. The van der Waals surface area contributed by atoms with Crippen molar-refractivity contribution in [1.29, 1.82) is 0 Å². The van der Waals surface area contributed by atoms with Crippen molar-refractivity contribution in [3.8, 4) is 0 Å². The van der Waals surface area contributed by atoms with Gasteiger partial charge in [-0.1, -0.05) is 0 Å². The number of likely N-dealkylation sites (tertiary alicyclic amines) is 1. The number of rotatable bonds is 4. The molecule has 1 unspecified atom stereocenters. The highest BCUT2D eigenvalue weighted by atomic mass is 32.1. The molecule has 1 saturated heterocycles. The van der Waals surface area contributed by atoms with Crippen molar-refractivity contribution in [1.82, 2.24) is 24.8 Å². The molecule has 0 aliphatic carbocycles. The zero-order chi connectivity index (χ0) is 21.3. The van der Waals surface area contributed by atoms with E-state index in [1.54, 1.807) is 23.4 Å². The van der Waals surface area contributed by atoms with Gasteiger partial charge in [-0.05, 0) is 38.0 Å². The van der Waals surface area contributed by atoms with Crippen LogP contribution in [0, 0.1) is 6.92 Å². The Morgan fingerprint density at radius 3 is 2.77 bits per heavy atom. The average Bonchev–Trinajstić information content (AvgIpc) is 3.36. The number of amides is 1. The van der Waals surface area contributed by atoms with E-state index in [-0.39, 0.29) is 23.7 Å². The molecule has 0 radical (unpaired) electrons. The quantitative estimate of drug-likeness (QED) is 0.656. The van der Waals surface area contributed by atoms with Crippen molar-refractivity contribution in [2.45, 2.75) is 32.0 Å². The van der Waals surface area contributed by atoms with Gasteiger partial charge in [0.05, 0.1) is 28.5 Å². The van der Waals surface area contributed by atoms with Gasteiger partial charge in [-0.15, -0.1) is 11.3 Å². The van der Waals surface area contributed by atoms with Crippen LogP contribution < -0.4 is 5.32 Å². The predicted molar refractivity (Wildman–Crippen MR) is 104 cm³/mol. The molecule has 0 bridgehead atoms. The molecule has 0 saturated carbocycles. The number of hydrogen-bond acceptors (Lipinski definition) is 7. The molecule has 1 fully saturated rings. The topological polar surface area (TPSA) is 83.9 Å². The second kappa shape index (κ2) is 7.98. The second-order valence-corrected chi connectivity index (χ2v) is 7.64. The Bertz CT molecular complexity index is 1070. The lowest BCUT2D eigenvalue weighted by molar-refractivity contribution is -0.137. The fraction of sp³-hybridized carbons (Fsp3) is 0.316. The first-order chi connectivity index (χ1) is 14.3. The minimum atomic E-state index is -4.47. The van der Waals surface area contributed by atoms with E-state index in [0.717, 1.165) is 31.2 Å². The summed E-state index contributed by atoms with van der Waals surface area (Å²) in [6.45, 7) is 2.40. The first-order valence-corrected chi connectivity index (χ1v) is 10.0. The first kappa shape index (κ1) is 20.2. The number of halogens is 3. The Hall–Kier alpha value is -3.08. The molecule has 1 aliphatic rings. The van der Waals surface area contributed by atoms with Crippen LogP contribution in [0.1, 0.15) is 45.5 Å². The van der Waals surface area contributed by atoms with Crippen molar-refractivity contribution in [2.75, 3.05) is 11.9 Å². The molecule has 1 aliphatic heterocycles. The van der Waals surface area contributed by atoms with E-state index < -0.39 is 11.7 Å². The van der Waals surface area contributed by atoms with Gasteiger partial charge in [0.25, 0.3) is 5.91 Å². The summed E-state index contributed by atoms with van der Waals surface area (Å²) in [6, 6.07) is 3.26. The molecular weight excluding hydrogens is 417 g/mol. The van der Waals surface area contributed by atoms with E-state index in [1.165, 1.54) is 17.5 Å². The Balaban J connectivity index is 1.56. The number of carbonyl (C=O) groups is 1. The lowest BCUT2D eigenvalue weighted by Gasteiger charge is -2.24. The van der Waals surface area contributed by atoms with Crippen LogP contribution >= 0.6 is 11.3 Å². The maximum Gasteiger partial charge on any atom is 0.416 e. The van der Waals surface area contributed by atoms with Crippen LogP contribution in [0.3, 0.4) is 0 Å². The highest BCUT2D eigenvalue weighted by Gasteiger charge is 2.33. The summed E-state index contributed by atoms with van der Waals surface area (Å²) in [4.78, 5) is 31.8. The minimum Gasteiger partial charge on any atom is -0.329 e. The summed E-state index contributed by atoms with van der Waals surface area (Å²) in [5, 5.41) is 2.72. The standard InChI is InChI=1S/C19H17F3N6OS/c1-11-16(30-10-25-11)17(29)28-8-2-3-14(28)13-5-7-24-18(26-13)27-15-9-12(4-6-23-15)19(20,21)22/h4-7,9-10,14H,2-3,8H2,1H3,(H,23,24,26,27). The number of alkyl halides is 3. The number of thiazole rings is 1.